The van der Waals surface area contributed by atoms with E-state index >= 15 is 0 Å². The van der Waals surface area contributed by atoms with Crippen LogP contribution in [-0.2, 0) is 11.2 Å². The molecule has 1 atom stereocenters. The Hall–Kier alpha value is -1.06. The van der Waals surface area contributed by atoms with Gasteiger partial charge in [-0.1, -0.05) is 23.7 Å². The summed E-state index contributed by atoms with van der Waals surface area (Å²) >= 11 is 6.03. The van der Waals surface area contributed by atoms with Gasteiger partial charge in [0.2, 0.25) is 5.91 Å². The first kappa shape index (κ1) is 15.8. The molecule has 3 nitrogen and oxygen atoms in total. The Balaban J connectivity index is 1.46. The van der Waals surface area contributed by atoms with Crippen LogP contribution in [0, 0.1) is 11.8 Å². The lowest BCUT2D eigenvalue weighted by Gasteiger charge is -2.35. The molecule has 1 saturated carbocycles. The van der Waals surface area contributed by atoms with Crippen LogP contribution in [0.4, 0.5) is 0 Å². The van der Waals surface area contributed by atoms with E-state index in [-0.39, 0.29) is 6.04 Å². The molecule has 2 aliphatic rings. The molecule has 0 bridgehead atoms. The standard InChI is InChI=1S/C18H25ClN2O/c19-16-3-1-2-14(10-16)11-17(20)15-6-8-21(9-7-15)18(22)12-13-4-5-13/h1-3,10,13,15,17H,4-9,11-12,20H2. The summed E-state index contributed by atoms with van der Waals surface area (Å²) < 4.78 is 0. The van der Waals surface area contributed by atoms with Crippen molar-refractivity contribution in [1.29, 1.82) is 0 Å². The Kier molecular flexibility index (Phi) is 5.04. The summed E-state index contributed by atoms with van der Waals surface area (Å²) in [5.41, 5.74) is 7.60. The molecule has 0 spiro atoms. The summed E-state index contributed by atoms with van der Waals surface area (Å²) in [5.74, 6) is 1.53. The average molecular weight is 321 g/mol. The van der Waals surface area contributed by atoms with Gasteiger partial charge in [0.05, 0.1) is 0 Å². The number of nitrogens with zero attached hydrogens (tertiary/aromatic N) is 1. The van der Waals surface area contributed by atoms with Crippen LogP contribution >= 0.6 is 11.6 Å². The number of piperidine rings is 1. The number of hydrogen-bond donors (Lipinski definition) is 1. The van der Waals surface area contributed by atoms with Gasteiger partial charge < -0.3 is 10.6 Å². The van der Waals surface area contributed by atoms with E-state index < -0.39 is 0 Å². The van der Waals surface area contributed by atoms with Gasteiger partial charge in [0, 0.05) is 30.6 Å². The van der Waals surface area contributed by atoms with Gasteiger partial charge in [-0.05, 0) is 61.6 Å². The molecule has 1 aromatic carbocycles. The lowest BCUT2D eigenvalue weighted by Crippen LogP contribution is -2.44. The summed E-state index contributed by atoms with van der Waals surface area (Å²) in [7, 11) is 0. The number of carbonyl (C=O) groups is 1. The normalized spacial score (nSPS) is 20.9. The number of amides is 1. The van der Waals surface area contributed by atoms with Crippen molar-refractivity contribution in [3.8, 4) is 0 Å². The van der Waals surface area contributed by atoms with Crippen LogP contribution < -0.4 is 5.73 Å². The van der Waals surface area contributed by atoms with Crippen molar-refractivity contribution in [2.45, 2.75) is 44.6 Å². The molecule has 3 rings (SSSR count). The van der Waals surface area contributed by atoms with E-state index in [0.29, 0.717) is 17.7 Å². The van der Waals surface area contributed by atoms with Crippen LogP contribution in [0.25, 0.3) is 0 Å². The average Bonchev–Trinajstić information content (AvgIpc) is 3.31. The van der Waals surface area contributed by atoms with Crippen molar-refractivity contribution in [1.82, 2.24) is 4.90 Å². The van der Waals surface area contributed by atoms with Crippen LogP contribution in [-0.4, -0.2) is 29.9 Å². The van der Waals surface area contributed by atoms with Gasteiger partial charge in [0.15, 0.2) is 0 Å². The quantitative estimate of drug-likeness (QED) is 0.905. The minimum Gasteiger partial charge on any atom is -0.343 e. The molecule has 0 radical (unpaired) electrons. The molecule has 1 aromatic rings. The number of likely N-dealkylation sites (tertiary alicyclic amines) is 1. The van der Waals surface area contributed by atoms with Crippen molar-refractivity contribution < 1.29 is 4.79 Å². The molecule has 2 N–H and O–H groups in total. The Labute approximate surface area is 137 Å². The predicted molar refractivity (Wildman–Crippen MR) is 89.8 cm³/mol. The van der Waals surface area contributed by atoms with Crippen LogP contribution in [0.5, 0.6) is 0 Å². The summed E-state index contributed by atoms with van der Waals surface area (Å²) in [6, 6.07) is 8.10. The van der Waals surface area contributed by atoms with Crippen molar-refractivity contribution in [2.24, 2.45) is 17.6 Å². The maximum atomic E-state index is 12.1. The van der Waals surface area contributed by atoms with Crippen LogP contribution in [0.3, 0.4) is 0 Å². The van der Waals surface area contributed by atoms with E-state index in [4.69, 9.17) is 17.3 Å². The summed E-state index contributed by atoms with van der Waals surface area (Å²) in [5, 5.41) is 0.769. The second kappa shape index (κ2) is 7.01. The van der Waals surface area contributed by atoms with Crippen LogP contribution in [0.2, 0.25) is 5.02 Å². The number of hydrogen-bond acceptors (Lipinski definition) is 2. The second-order valence-electron chi connectivity index (χ2n) is 6.86. The Morgan fingerprint density at radius 3 is 2.64 bits per heavy atom. The van der Waals surface area contributed by atoms with Gasteiger partial charge in [0.1, 0.15) is 0 Å². The van der Waals surface area contributed by atoms with Crippen LogP contribution in [0.15, 0.2) is 24.3 Å². The van der Waals surface area contributed by atoms with Crippen LogP contribution in [0.1, 0.15) is 37.7 Å². The van der Waals surface area contributed by atoms with Crippen molar-refractivity contribution in [3.63, 3.8) is 0 Å². The number of carbonyl (C=O) groups excluding carboxylic acids is 1. The summed E-state index contributed by atoms with van der Waals surface area (Å²) in [6.07, 6.45) is 6.16. The van der Waals surface area contributed by atoms with E-state index in [1.54, 1.807) is 0 Å². The van der Waals surface area contributed by atoms with E-state index in [1.807, 2.05) is 23.1 Å². The largest absolute Gasteiger partial charge is 0.343 e. The first-order valence-electron chi connectivity index (χ1n) is 8.39. The minimum atomic E-state index is 0.152. The van der Waals surface area contributed by atoms with Gasteiger partial charge in [-0.15, -0.1) is 0 Å². The third kappa shape index (κ3) is 4.23. The maximum absolute atomic E-state index is 12.1. The van der Waals surface area contributed by atoms with Crippen molar-refractivity contribution >= 4 is 17.5 Å². The topological polar surface area (TPSA) is 46.3 Å². The molecule has 120 valence electrons. The Morgan fingerprint density at radius 2 is 2.00 bits per heavy atom. The molecule has 1 saturated heterocycles. The molecular formula is C18H25ClN2O. The lowest BCUT2D eigenvalue weighted by molar-refractivity contribution is -0.133. The molecule has 22 heavy (non-hydrogen) atoms. The maximum Gasteiger partial charge on any atom is 0.222 e. The molecule has 1 amide bonds. The zero-order valence-electron chi connectivity index (χ0n) is 13.0. The smallest absolute Gasteiger partial charge is 0.222 e. The number of nitrogens with two attached hydrogens (primary N) is 1. The van der Waals surface area contributed by atoms with Gasteiger partial charge >= 0.3 is 0 Å². The van der Waals surface area contributed by atoms with E-state index in [1.165, 1.54) is 18.4 Å². The molecule has 2 fully saturated rings. The monoisotopic (exact) mass is 320 g/mol. The third-order valence-corrected chi connectivity index (χ3v) is 5.25. The highest BCUT2D eigenvalue weighted by molar-refractivity contribution is 6.30. The lowest BCUT2D eigenvalue weighted by atomic mass is 9.86. The second-order valence-corrected chi connectivity index (χ2v) is 7.30. The molecule has 1 unspecified atom stereocenters. The van der Waals surface area contributed by atoms with E-state index in [9.17, 15) is 4.79 Å². The van der Waals surface area contributed by atoms with Crippen molar-refractivity contribution in [3.05, 3.63) is 34.9 Å². The van der Waals surface area contributed by atoms with Crippen molar-refractivity contribution in [2.75, 3.05) is 13.1 Å². The highest BCUT2D eigenvalue weighted by Crippen LogP contribution is 2.33. The summed E-state index contributed by atoms with van der Waals surface area (Å²) in [6.45, 7) is 1.75. The number of halogens is 1. The SMILES string of the molecule is NC(Cc1cccc(Cl)c1)C1CCN(C(=O)CC2CC2)CC1. The molecule has 0 aromatic heterocycles. The zero-order chi connectivity index (χ0) is 15.5. The number of rotatable bonds is 5. The Bertz CT molecular complexity index is 522. The zero-order valence-corrected chi connectivity index (χ0v) is 13.8. The highest BCUT2D eigenvalue weighted by atomic mass is 35.5. The highest BCUT2D eigenvalue weighted by Gasteiger charge is 2.30. The van der Waals surface area contributed by atoms with Gasteiger partial charge in [0.25, 0.3) is 0 Å². The Morgan fingerprint density at radius 1 is 1.27 bits per heavy atom. The third-order valence-electron chi connectivity index (χ3n) is 5.02. The first-order valence-corrected chi connectivity index (χ1v) is 8.77. The van der Waals surface area contributed by atoms with Gasteiger partial charge in [-0.3, -0.25) is 4.79 Å². The fraction of sp³-hybridized carbons (Fsp3) is 0.611. The first-order chi connectivity index (χ1) is 10.6. The molecule has 1 heterocycles. The fourth-order valence-electron chi connectivity index (χ4n) is 3.38. The minimum absolute atomic E-state index is 0.152. The molecule has 4 heteroatoms. The predicted octanol–water partition coefficient (Wildman–Crippen LogP) is 3.25. The van der Waals surface area contributed by atoms with E-state index in [0.717, 1.165) is 43.8 Å². The molecule has 1 aliphatic carbocycles. The van der Waals surface area contributed by atoms with E-state index in [2.05, 4.69) is 6.07 Å². The summed E-state index contributed by atoms with van der Waals surface area (Å²) in [4.78, 5) is 14.2. The molecular weight excluding hydrogens is 296 g/mol. The molecule has 1 aliphatic heterocycles. The van der Waals surface area contributed by atoms with Gasteiger partial charge in [-0.2, -0.15) is 0 Å². The van der Waals surface area contributed by atoms with Gasteiger partial charge in [-0.25, -0.2) is 0 Å². The number of benzene rings is 1. The fourth-order valence-corrected chi connectivity index (χ4v) is 3.59.